The van der Waals surface area contributed by atoms with Crippen LogP contribution in [0.25, 0.3) is 0 Å². The van der Waals surface area contributed by atoms with Crippen molar-refractivity contribution in [2.24, 2.45) is 0 Å². The minimum absolute atomic E-state index is 0.00606. The van der Waals surface area contributed by atoms with E-state index in [0.717, 1.165) is 6.42 Å². The molecule has 0 spiro atoms. The molecule has 0 saturated carbocycles. The summed E-state index contributed by atoms with van der Waals surface area (Å²) >= 11 is 0. The molecule has 0 saturated heterocycles. The minimum atomic E-state index is -0.768. The van der Waals surface area contributed by atoms with Gasteiger partial charge >= 0.3 is 0 Å². The molecule has 0 radical (unpaired) electrons. The molecular weight excluding hydrogens is 133 g/mol. The van der Waals surface area contributed by atoms with E-state index in [9.17, 15) is 9.18 Å². The first-order chi connectivity index (χ1) is 4.72. The fourth-order valence-corrected chi connectivity index (χ4v) is 0.424. The molecule has 58 valence electrons. The van der Waals surface area contributed by atoms with Crippen LogP contribution in [0.4, 0.5) is 4.39 Å². The van der Waals surface area contributed by atoms with Crippen molar-refractivity contribution in [2.75, 3.05) is 13.2 Å². The lowest BCUT2D eigenvalue weighted by Gasteiger charge is -2.01. The Hall–Kier alpha value is -0.860. The Labute approximate surface area is 60.1 Å². The average molecular weight is 145 g/mol. The molecule has 0 aliphatic rings. The van der Waals surface area contributed by atoms with Crippen LogP contribution in [0.1, 0.15) is 13.3 Å². The monoisotopic (exact) mass is 145 g/mol. The molecule has 1 amide bonds. The zero-order valence-corrected chi connectivity index (χ0v) is 6.11. The van der Waals surface area contributed by atoms with E-state index in [1.54, 1.807) is 0 Å². The van der Waals surface area contributed by atoms with E-state index in [2.05, 4.69) is 11.9 Å². The summed E-state index contributed by atoms with van der Waals surface area (Å²) in [5.74, 6) is -0.385. The summed E-state index contributed by atoms with van der Waals surface area (Å²) in [7, 11) is 0. The molecule has 0 aliphatic heterocycles. The summed E-state index contributed by atoms with van der Waals surface area (Å²) in [6.07, 6.45) is 0.852. The topological polar surface area (TPSA) is 29.1 Å². The number of hydrogen-bond donors (Lipinski definition) is 1. The van der Waals surface area contributed by atoms with Crippen LogP contribution in [-0.4, -0.2) is 19.1 Å². The highest BCUT2D eigenvalue weighted by atomic mass is 19.1. The fraction of sp³-hybridized carbons (Fsp3) is 0.571. The van der Waals surface area contributed by atoms with Crippen molar-refractivity contribution in [3.63, 3.8) is 0 Å². The Kier molecular flexibility index (Phi) is 4.54. The third-order valence-electron chi connectivity index (χ3n) is 1.02. The smallest absolute Gasteiger partial charge is 0.249 e. The molecule has 0 aromatic heterocycles. The number of alkyl halides is 1. The van der Waals surface area contributed by atoms with Gasteiger partial charge in [0.1, 0.15) is 6.67 Å². The van der Waals surface area contributed by atoms with Crippen LogP contribution in [0.3, 0.4) is 0 Å². The molecule has 1 N–H and O–H groups in total. The van der Waals surface area contributed by atoms with E-state index in [1.807, 2.05) is 6.92 Å². The van der Waals surface area contributed by atoms with Crippen LogP contribution >= 0.6 is 0 Å². The van der Waals surface area contributed by atoms with Crippen LogP contribution in [0, 0.1) is 0 Å². The summed E-state index contributed by atoms with van der Waals surface area (Å²) in [5, 5.41) is 2.50. The van der Waals surface area contributed by atoms with Gasteiger partial charge in [0.05, 0.1) is 0 Å². The van der Waals surface area contributed by atoms with Gasteiger partial charge in [-0.05, 0) is 6.42 Å². The first kappa shape index (κ1) is 9.14. The van der Waals surface area contributed by atoms with E-state index in [4.69, 9.17) is 0 Å². The SMILES string of the molecule is C=C(CF)C(=O)NCCC. The van der Waals surface area contributed by atoms with Crippen LogP contribution in [-0.2, 0) is 4.79 Å². The maximum atomic E-state index is 11.7. The van der Waals surface area contributed by atoms with Crippen LogP contribution < -0.4 is 5.32 Å². The molecule has 3 heteroatoms. The lowest BCUT2D eigenvalue weighted by Crippen LogP contribution is -2.25. The summed E-state index contributed by atoms with van der Waals surface area (Å²) in [4.78, 5) is 10.7. The molecule has 0 bridgehead atoms. The highest BCUT2D eigenvalue weighted by Crippen LogP contribution is 1.89. The van der Waals surface area contributed by atoms with Gasteiger partial charge in [-0.3, -0.25) is 4.79 Å². The number of rotatable bonds is 4. The molecule has 0 heterocycles. The van der Waals surface area contributed by atoms with Gasteiger partial charge in [0, 0.05) is 12.1 Å². The number of amides is 1. The number of halogens is 1. The van der Waals surface area contributed by atoms with Crippen molar-refractivity contribution >= 4 is 5.91 Å². The van der Waals surface area contributed by atoms with Gasteiger partial charge in [-0.15, -0.1) is 0 Å². The maximum Gasteiger partial charge on any atom is 0.249 e. The lowest BCUT2D eigenvalue weighted by molar-refractivity contribution is -0.117. The molecular formula is C7H12FNO. The average Bonchev–Trinajstić information content (AvgIpc) is 1.98. The first-order valence-corrected chi connectivity index (χ1v) is 3.24. The standard InChI is InChI=1S/C7H12FNO/c1-3-4-9-7(10)6(2)5-8/h2-5H2,1H3,(H,9,10). The van der Waals surface area contributed by atoms with Crippen molar-refractivity contribution in [1.29, 1.82) is 0 Å². The van der Waals surface area contributed by atoms with E-state index < -0.39 is 6.67 Å². The number of carbonyl (C=O) groups excluding carboxylic acids is 1. The van der Waals surface area contributed by atoms with E-state index in [-0.39, 0.29) is 11.5 Å². The largest absolute Gasteiger partial charge is 0.352 e. The predicted molar refractivity (Wildman–Crippen MR) is 38.4 cm³/mol. The summed E-state index contributed by atoms with van der Waals surface area (Å²) in [6, 6.07) is 0. The second kappa shape index (κ2) is 4.97. The fourth-order valence-electron chi connectivity index (χ4n) is 0.424. The van der Waals surface area contributed by atoms with Gasteiger partial charge in [-0.1, -0.05) is 13.5 Å². The Morgan fingerprint density at radius 1 is 1.70 bits per heavy atom. The van der Waals surface area contributed by atoms with E-state index in [0.29, 0.717) is 6.54 Å². The number of nitrogens with one attached hydrogen (secondary N) is 1. The first-order valence-electron chi connectivity index (χ1n) is 3.24. The van der Waals surface area contributed by atoms with E-state index >= 15 is 0 Å². The van der Waals surface area contributed by atoms with Crippen molar-refractivity contribution in [1.82, 2.24) is 5.32 Å². The second-order valence-corrected chi connectivity index (χ2v) is 1.99. The van der Waals surface area contributed by atoms with Gasteiger partial charge in [-0.2, -0.15) is 0 Å². The van der Waals surface area contributed by atoms with Crippen molar-refractivity contribution in [2.45, 2.75) is 13.3 Å². The molecule has 0 aromatic rings. The zero-order valence-electron chi connectivity index (χ0n) is 6.11. The summed E-state index contributed by atoms with van der Waals surface area (Å²) in [6.45, 7) is 4.98. The molecule has 0 atom stereocenters. The van der Waals surface area contributed by atoms with E-state index in [1.165, 1.54) is 0 Å². The van der Waals surface area contributed by atoms with Gasteiger partial charge in [-0.25, -0.2) is 4.39 Å². The number of carbonyl (C=O) groups is 1. The highest BCUT2D eigenvalue weighted by molar-refractivity contribution is 5.92. The Bertz CT molecular complexity index is 134. The zero-order chi connectivity index (χ0) is 7.98. The van der Waals surface area contributed by atoms with Crippen LogP contribution in [0.15, 0.2) is 12.2 Å². The maximum absolute atomic E-state index is 11.7. The van der Waals surface area contributed by atoms with Gasteiger partial charge in [0.15, 0.2) is 0 Å². The molecule has 10 heavy (non-hydrogen) atoms. The molecule has 0 aromatic carbocycles. The molecule has 0 aliphatic carbocycles. The lowest BCUT2D eigenvalue weighted by atomic mass is 10.3. The van der Waals surface area contributed by atoms with Crippen LogP contribution in [0.2, 0.25) is 0 Å². The minimum Gasteiger partial charge on any atom is -0.352 e. The normalized spacial score (nSPS) is 9.00. The second-order valence-electron chi connectivity index (χ2n) is 1.99. The third-order valence-corrected chi connectivity index (χ3v) is 1.02. The number of hydrogen-bond acceptors (Lipinski definition) is 1. The summed E-state index contributed by atoms with van der Waals surface area (Å²) in [5.41, 5.74) is -0.00606. The Morgan fingerprint density at radius 3 is 2.70 bits per heavy atom. The van der Waals surface area contributed by atoms with Gasteiger partial charge < -0.3 is 5.32 Å². The molecule has 0 fully saturated rings. The summed E-state index contributed by atoms with van der Waals surface area (Å²) < 4.78 is 11.7. The Balaban J connectivity index is 3.52. The quantitative estimate of drug-likeness (QED) is 0.588. The van der Waals surface area contributed by atoms with Gasteiger partial charge in [0.25, 0.3) is 0 Å². The highest BCUT2D eigenvalue weighted by Gasteiger charge is 2.03. The molecule has 0 rings (SSSR count). The van der Waals surface area contributed by atoms with Crippen molar-refractivity contribution in [3.8, 4) is 0 Å². The van der Waals surface area contributed by atoms with Crippen LogP contribution in [0.5, 0.6) is 0 Å². The molecule has 2 nitrogen and oxygen atoms in total. The Morgan fingerprint density at radius 2 is 2.30 bits per heavy atom. The predicted octanol–water partition coefficient (Wildman–Crippen LogP) is 1.04. The van der Waals surface area contributed by atoms with Crippen molar-refractivity contribution in [3.05, 3.63) is 12.2 Å². The third kappa shape index (κ3) is 3.22. The van der Waals surface area contributed by atoms with Gasteiger partial charge in [0.2, 0.25) is 5.91 Å². The van der Waals surface area contributed by atoms with Crippen molar-refractivity contribution < 1.29 is 9.18 Å². The molecule has 0 unspecified atom stereocenters.